The number of hydrogen-bond donors (Lipinski definition) is 2. The lowest BCUT2D eigenvalue weighted by Crippen LogP contribution is -2.33. The lowest BCUT2D eigenvalue weighted by atomic mass is 10.1. The minimum absolute atomic E-state index is 0.247. The molecule has 2 N–H and O–H groups in total. The van der Waals surface area contributed by atoms with Crippen molar-refractivity contribution < 1.29 is 22.7 Å². The van der Waals surface area contributed by atoms with Crippen LogP contribution in [0.4, 0.5) is 4.39 Å². The first-order valence-corrected chi connectivity index (χ1v) is 7.22. The van der Waals surface area contributed by atoms with Crippen LogP contribution < -0.4 is 4.72 Å². The first-order chi connectivity index (χ1) is 8.88. The molecule has 0 aromatic carbocycles. The predicted octanol–water partition coefficient (Wildman–Crippen LogP) is 0.752. The molecule has 1 aromatic rings. The van der Waals surface area contributed by atoms with Gasteiger partial charge in [0.25, 0.3) is 0 Å². The Kier molecular flexibility index (Phi) is 3.81. The standard InChI is InChI=1S/C11H13FN2O4S/c12-8-4-10(6-13-5-8)19(17,18)14-9-2-1-7(3-9)11(15)16/h4-7,9,14H,1-3H2,(H,15,16). The van der Waals surface area contributed by atoms with Crippen LogP contribution in [0.2, 0.25) is 0 Å². The Labute approximate surface area is 109 Å². The highest BCUT2D eigenvalue weighted by molar-refractivity contribution is 7.89. The van der Waals surface area contributed by atoms with Gasteiger partial charge in [0, 0.05) is 12.2 Å². The van der Waals surface area contributed by atoms with E-state index in [1.807, 2.05) is 0 Å². The quantitative estimate of drug-likeness (QED) is 0.852. The van der Waals surface area contributed by atoms with E-state index in [1.165, 1.54) is 0 Å². The third-order valence-corrected chi connectivity index (χ3v) is 4.58. The summed E-state index contributed by atoms with van der Waals surface area (Å²) >= 11 is 0. The number of pyridine rings is 1. The molecule has 1 fully saturated rings. The van der Waals surface area contributed by atoms with Gasteiger partial charge in [0.15, 0.2) is 0 Å². The van der Waals surface area contributed by atoms with Crippen molar-refractivity contribution in [2.75, 3.05) is 0 Å². The molecule has 8 heteroatoms. The molecule has 2 atom stereocenters. The van der Waals surface area contributed by atoms with Crippen molar-refractivity contribution in [2.45, 2.75) is 30.2 Å². The number of nitrogens with one attached hydrogen (secondary N) is 1. The lowest BCUT2D eigenvalue weighted by molar-refractivity contribution is -0.141. The zero-order valence-electron chi connectivity index (χ0n) is 9.91. The third-order valence-electron chi connectivity index (χ3n) is 3.09. The summed E-state index contributed by atoms with van der Waals surface area (Å²) < 4.78 is 39.2. The van der Waals surface area contributed by atoms with Crippen molar-refractivity contribution in [3.8, 4) is 0 Å². The van der Waals surface area contributed by atoms with Gasteiger partial charge in [-0.25, -0.2) is 17.5 Å². The molecule has 0 amide bonds. The number of aromatic nitrogens is 1. The predicted molar refractivity (Wildman–Crippen MR) is 63.3 cm³/mol. The number of carboxylic acids is 1. The van der Waals surface area contributed by atoms with Crippen LogP contribution in [0.1, 0.15) is 19.3 Å². The minimum Gasteiger partial charge on any atom is -0.481 e. The molecule has 104 valence electrons. The molecule has 2 rings (SSSR count). The first kappa shape index (κ1) is 13.9. The number of rotatable bonds is 4. The third kappa shape index (κ3) is 3.27. The molecule has 1 aromatic heterocycles. The van der Waals surface area contributed by atoms with Crippen LogP contribution in [0.5, 0.6) is 0 Å². The Hall–Kier alpha value is -1.54. The molecule has 1 heterocycles. The van der Waals surface area contributed by atoms with Crippen LogP contribution >= 0.6 is 0 Å². The smallest absolute Gasteiger partial charge is 0.306 e. The van der Waals surface area contributed by atoms with Gasteiger partial charge in [0.1, 0.15) is 10.7 Å². The van der Waals surface area contributed by atoms with Crippen molar-refractivity contribution in [1.82, 2.24) is 9.71 Å². The average molecular weight is 288 g/mol. The Morgan fingerprint density at radius 2 is 2.16 bits per heavy atom. The molecular formula is C11H13FN2O4S. The molecule has 1 aliphatic carbocycles. The Bertz CT molecular complexity index is 590. The normalized spacial score (nSPS) is 23.4. The molecule has 2 unspecified atom stereocenters. The number of aliphatic carboxylic acids is 1. The van der Waals surface area contributed by atoms with Gasteiger partial charge in [0.2, 0.25) is 10.0 Å². The summed E-state index contributed by atoms with van der Waals surface area (Å²) in [7, 11) is -3.86. The van der Waals surface area contributed by atoms with E-state index in [0.29, 0.717) is 12.8 Å². The number of carbonyl (C=O) groups is 1. The van der Waals surface area contributed by atoms with E-state index < -0.39 is 33.8 Å². The highest BCUT2D eigenvalue weighted by atomic mass is 32.2. The first-order valence-electron chi connectivity index (χ1n) is 5.74. The van der Waals surface area contributed by atoms with E-state index >= 15 is 0 Å². The number of halogens is 1. The van der Waals surface area contributed by atoms with Crippen LogP contribution in [0.3, 0.4) is 0 Å². The zero-order chi connectivity index (χ0) is 14.0. The Morgan fingerprint density at radius 3 is 2.74 bits per heavy atom. The van der Waals surface area contributed by atoms with Gasteiger partial charge in [-0.1, -0.05) is 0 Å². The highest BCUT2D eigenvalue weighted by Crippen LogP contribution is 2.26. The van der Waals surface area contributed by atoms with Crippen molar-refractivity contribution in [1.29, 1.82) is 0 Å². The maximum Gasteiger partial charge on any atom is 0.306 e. The van der Waals surface area contributed by atoms with Crippen molar-refractivity contribution in [3.05, 3.63) is 24.3 Å². The molecule has 6 nitrogen and oxygen atoms in total. The Balaban J connectivity index is 2.09. The number of carboxylic acid groups (broad SMARTS) is 1. The molecule has 0 spiro atoms. The fourth-order valence-electron chi connectivity index (χ4n) is 2.14. The largest absolute Gasteiger partial charge is 0.481 e. The molecule has 0 radical (unpaired) electrons. The Morgan fingerprint density at radius 1 is 1.42 bits per heavy atom. The van der Waals surface area contributed by atoms with Gasteiger partial charge in [0.05, 0.1) is 12.1 Å². The van der Waals surface area contributed by atoms with E-state index in [9.17, 15) is 17.6 Å². The van der Waals surface area contributed by atoms with Gasteiger partial charge < -0.3 is 5.11 Å². The van der Waals surface area contributed by atoms with Gasteiger partial charge in [-0.3, -0.25) is 9.78 Å². The van der Waals surface area contributed by atoms with Crippen molar-refractivity contribution in [2.24, 2.45) is 5.92 Å². The molecule has 1 aliphatic rings. The molecule has 0 saturated heterocycles. The number of hydrogen-bond acceptors (Lipinski definition) is 4. The monoisotopic (exact) mass is 288 g/mol. The van der Waals surface area contributed by atoms with Crippen molar-refractivity contribution in [3.63, 3.8) is 0 Å². The second-order valence-corrected chi connectivity index (χ2v) is 6.22. The average Bonchev–Trinajstić information content (AvgIpc) is 2.77. The summed E-state index contributed by atoms with van der Waals surface area (Å²) in [6.07, 6.45) is 3.10. The maximum absolute atomic E-state index is 12.9. The van der Waals surface area contributed by atoms with Gasteiger partial charge in [-0.2, -0.15) is 0 Å². The summed E-state index contributed by atoms with van der Waals surface area (Å²) in [6.45, 7) is 0. The molecule has 0 aliphatic heterocycles. The summed E-state index contributed by atoms with van der Waals surface area (Å²) in [4.78, 5) is 14.0. The molecule has 0 bridgehead atoms. The SMILES string of the molecule is O=C(O)C1CCC(NS(=O)(=O)c2cncc(F)c2)C1. The zero-order valence-corrected chi connectivity index (χ0v) is 10.7. The van der Waals surface area contributed by atoms with Crippen LogP contribution in [-0.4, -0.2) is 30.5 Å². The fraction of sp³-hybridized carbons (Fsp3) is 0.455. The van der Waals surface area contributed by atoms with E-state index in [0.717, 1.165) is 18.5 Å². The van der Waals surface area contributed by atoms with E-state index in [4.69, 9.17) is 5.11 Å². The van der Waals surface area contributed by atoms with Crippen LogP contribution in [0, 0.1) is 11.7 Å². The van der Waals surface area contributed by atoms with E-state index in [1.54, 1.807) is 0 Å². The summed E-state index contributed by atoms with van der Waals surface area (Å²) in [5.41, 5.74) is 0. The summed E-state index contributed by atoms with van der Waals surface area (Å²) in [6, 6.07) is 0.438. The van der Waals surface area contributed by atoms with Gasteiger partial charge in [-0.15, -0.1) is 0 Å². The van der Waals surface area contributed by atoms with E-state index in [-0.39, 0.29) is 11.3 Å². The lowest BCUT2D eigenvalue weighted by Gasteiger charge is -2.12. The molecule has 1 saturated carbocycles. The van der Waals surface area contributed by atoms with Crippen molar-refractivity contribution >= 4 is 16.0 Å². The summed E-state index contributed by atoms with van der Waals surface area (Å²) in [5.74, 6) is -2.19. The number of nitrogens with zero attached hydrogens (tertiary/aromatic N) is 1. The van der Waals surface area contributed by atoms with Gasteiger partial charge in [-0.05, 0) is 25.3 Å². The summed E-state index contributed by atoms with van der Waals surface area (Å²) in [5, 5.41) is 8.85. The van der Waals surface area contributed by atoms with Gasteiger partial charge >= 0.3 is 5.97 Å². The number of sulfonamides is 1. The van der Waals surface area contributed by atoms with Crippen LogP contribution in [-0.2, 0) is 14.8 Å². The van der Waals surface area contributed by atoms with Crippen LogP contribution in [0.15, 0.2) is 23.4 Å². The molecule has 19 heavy (non-hydrogen) atoms. The topological polar surface area (TPSA) is 96.4 Å². The molecular weight excluding hydrogens is 275 g/mol. The minimum atomic E-state index is -3.86. The van der Waals surface area contributed by atoms with E-state index in [2.05, 4.69) is 9.71 Å². The second-order valence-electron chi connectivity index (χ2n) is 4.51. The van der Waals surface area contributed by atoms with Crippen LogP contribution in [0.25, 0.3) is 0 Å². The highest BCUT2D eigenvalue weighted by Gasteiger charge is 2.32. The fourth-order valence-corrected chi connectivity index (χ4v) is 3.40. The maximum atomic E-state index is 12.9. The second kappa shape index (κ2) is 5.22.